The third-order valence-electron chi connectivity index (χ3n) is 2.69. The highest BCUT2D eigenvalue weighted by Gasteiger charge is 2.20. The molecule has 3 nitrogen and oxygen atoms in total. The Morgan fingerprint density at radius 1 is 1.40 bits per heavy atom. The number of benzene rings is 1. The topological polar surface area (TPSA) is 62.0 Å². The largest absolute Gasteiger partial charge is 0.389 e. The number of aromatic nitrogens is 1. The summed E-state index contributed by atoms with van der Waals surface area (Å²) in [6.45, 7) is 2.03. The van der Waals surface area contributed by atoms with Gasteiger partial charge in [-0.3, -0.25) is 0 Å². The van der Waals surface area contributed by atoms with Gasteiger partial charge >= 0.3 is 0 Å². The van der Waals surface area contributed by atoms with Gasteiger partial charge in [-0.25, -0.2) is 0 Å². The molecule has 0 aliphatic carbocycles. The SMILES string of the molecule is C[C@](O)(CN)Cc1c[nH]c2ccccc12. The molecule has 4 N–H and O–H groups in total. The molecule has 0 unspecified atom stereocenters. The molecule has 1 heterocycles. The van der Waals surface area contributed by atoms with Crippen molar-refractivity contribution < 1.29 is 5.11 Å². The van der Waals surface area contributed by atoms with E-state index in [1.807, 2.05) is 30.5 Å². The maximum atomic E-state index is 9.92. The third kappa shape index (κ3) is 2.03. The van der Waals surface area contributed by atoms with E-state index >= 15 is 0 Å². The molecule has 0 saturated carbocycles. The van der Waals surface area contributed by atoms with Crippen molar-refractivity contribution in [3.63, 3.8) is 0 Å². The Balaban J connectivity index is 2.37. The summed E-state index contributed by atoms with van der Waals surface area (Å²) in [6, 6.07) is 8.06. The van der Waals surface area contributed by atoms with Crippen molar-refractivity contribution in [2.75, 3.05) is 6.54 Å². The van der Waals surface area contributed by atoms with Crippen LogP contribution in [-0.4, -0.2) is 22.2 Å². The Morgan fingerprint density at radius 2 is 2.13 bits per heavy atom. The number of aromatic amines is 1. The van der Waals surface area contributed by atoms with Crippen molar-refractivity contribution in [2.45, 2.75) is 18.9 Å². The summed E-state index contributed by atoms with van der Waals surface area (Å²) < 4.78 is 0. The second kappa shape index (κ2) is 3.68. The first-order valence-corrected chi connectivity index (χ1v) is 5.10. The lowest BCUT2D eigenvalue weighted by Crippen LogP contribution is -2.36. The smallest absolute Gasteiger partial charge is 0.0782 e. The van der Waals surface area contributed by atoms with Crippen LogP contribution in [0, 0.1) is 0 Å². The number of aliphatic hydroxyl groups is 1. The molecular formula is C12H16N2O. The number of H-pyrrole nitrogens is 1. The van der Waals surface area contributed by atoms with Crippen molar-refractivity contribution >= 4 is 10.9 Å². The molecule has 0 aliphatic rings. The fourth-order valence-corrected chi connectivity index (χ4v) is 1.76. The molecule has 1 atom stereocenters. The molecule has 0 amide bonds. The fourth-order valence-electron chi connectivity index (χ4n) is 1.76. The summed E-state index contributed by atoms with van der Waals surface area (Å²) in [5.41, 5.74) is 6.89. The molecule has 0 bridgehead atoms. The molecule has 0 radical (unpaired) electrons. The summed E-state index contributed by atoms with van der Waals surface area (Å²) in [7, 11) is 0. The normalized spacial score (nSPS) is 15.4. The Morgan fingerprint density at radius 3 is 2.87 bits per heavy atom. The number of nitrogens with one attached hydrogen (secondary N) is 1. The maximum Gasteiger partial charge on any atom is 0.0782 e. The first kappa shape index (κ1) is 10.2. The predicted octanol–water partition coefficient (Wildman–Crippen LogP) is 1.42. The van der Waals surface area contributed by atoms with Crippen LogP contribution >= 0.6 is 0 Å². The molecular weight excluding hydrogens is 188 g/mol. The number of rotatable bonds is 3. The van der Waals surface area contributed by atoms with Gasteiger partial charge in [-0.05, 0) is 18.6 Å². The van der Waals surface area contributed by atoms with Crippen LogP contribution in [0.2, 0.25) is 0 Å². The van der Waals surface area contributed by atoms with Gasteiger partial charge in [0.1, 0.15) is 0 Å². The van der Waals surface area contributed by atoms with Gasteiger partial charge in [-0.1, -0.05) is 18.2 Å². The van der Waals surface area contributed by atoms with Crippen LogP contribution in [0.15, 0.2) is 30.5 Å². The Kier molecular flexibility index (Phi) is 2.50. The van der Waals surface area contributed by atoms with Crippen molar-refractivity contribution in [1.29, 1.82) is 0 Å². The highest BCUT2D eigenvalue weighted by atomic mass is 16.3. The zero-order valence-electron chi connectivity index (χ0n) is 8.83. The molecule has 1 aromatic carbocycles. The summed E-state index contributed by atoms with van der Waals surface area (Å²) in [5.74, 6) is 0. The molecule has 0 saturated heterocycles. The predicted molar refractivity (Wildman–Crippen MR) is 61.7 cm³/mol. The molecule has 0 aliphatic heterocycles. The van der Waals surface area contributed by atoms with E-state index in [0.717, 1.165) is 16.5 Å². The highest BCUT2D eigenvalue weighted by molar-refractivity contribution is 5.83. The molecule has 2 aromatic rings. The van der Waals surface area contributed by atoms with Gasteiger partial charge in [0.05, 0.1) is 5.60 Å². The molecule has 3 heteroatoms. The van der Waals surface area contributed by atoms with Crippen molar-refractivity contribution in [3.05, 3.63) is 36.0 Å². The van der Waals surface area contributed by atoms with Gasteiger partial charge in [0.25, 0.3) is 0 Å². The van der Waals surface area contributed by atoms with E-state index in [4.69, 9.17) is 5.73 Å². The first-order chi connectivity index (χ1) is 7.12. The van der Waals surface area contributed by atoms with Gasteiger partial charge < -0.3 is 15.8 Å². The van der Waals surface area contributed by atoms with E-state index in [2.05, 4.69) is 4.98 Å². The molecule has 2 rings (SSSR count). The van der Waals surface area contributed by atoms with Crippen LogP contribution in [0.3, 0.4) is 0 Å². The average molecular weight is 204 g/mol. The van der Waals surface area contributed by atoms with Gasteiger partial charge in [-0.15, -0.1) is 0 Å². The minimum atomic E-state index is -0.828. The minimum absolute atomic E-state index is 0.270. The third-order valence-corrected chi connectivity index (χ3v) is 2.69. The average Bonchev–Trinajstić information content (AvgIpc) is 2.62. The van der Waals surface area contributed by atoms with E-state index in [9.17, 15) is 5.11 Å². The Labute approximate surface area is 88.9 Å². The zero-order chi connectivity index (χ0) is 10.9. The summed E-state index contributed by atoms with van der Waals surface area (Å²) in [4.78, 5) is 3.18. The molecule has 1 aromatic heterocycles. The lowest BCUT2D eigenvalue weighted by Gasteiger charge is -2.20. The van der Waals surface area contributed by atoms with E-state index in [1.165, 1.54) is 0 Å². The minimum Gasteiger partial charge on any atom is -0.389 e. The van der Waals surface area contributed by atoms with Crippen LogP contribution in [0.4, 0.5) is 0 Å². The van der Waals surface area contributed by atoms with E-state index in [0.29, 0.717) is 6.42 Å². The Hall–Kier alpha value is -1.32. The Bertz CT molecular complexity index is 459. The monoisotopic (exact) mass is 204 g/mol. The summed E-state index contributed by atoms with van der Waals surface area (Å²) >= 11 is 0. The first-order valence-electron chi connectivity index (χ1n) is 5.10. The van der Waals surface area contributed by atoms with Crippen LogP contribution in [-0.2, 0) is 6.42 Å². The van der Waals surface area contributed by atoms with Crippen molar-refractivity contribution in [1.82, 2.24) is 4.98 Å². The van der Waals surface area contributed by atoms with Crippen molar-refractivity contribution in [3.8, 4) is 0 Å². The maximum absolute atomic E-state index is 9.92. The number of hydrogen-bond donors (Lipinski definition) is 3. The molecule has 15 heavy (non-hydrogen) atoms. The second-order valence-corrected chi connectivity index (χ2v) is 4.24. The standard InChI is InChI=1S/C12H16N2O/c1-12(15,8-13)6-9-7-14-11-5-3-2-4-10(9)11/h2-5,7,14-15H,6,8,13H2,1H3/t12-/m1/s1. The fraction of sp³-hybridized carbons (Fsp3) is 0.333. The van der Waals surface area contributed by atoms with Gasteiger partial charge in [0.2, 0.25) is 0 Å². The van der Waals surface area contributed by atoms with Crippen LogP contribution in [0.25, 0.3) is 10.9 Å². The van der Waals surface area contributed by atoms with Crippen LogP contribution in [0.1, 0.15) is 12.5 Å². The number of para-hydroxylation sites is 1. The molecule has 0 spiro atoms. The van der Waals surface area contributed by atoms with Crippen LogP contribution in [0.5, 0.6) is 0 Å². The number of nitrogens with two attached hydrogens (primary N) is 1. The highest BCUT2D eigenvalue weighted by Crippen LogP contribution is 2.21. The van der Waals surface area contributed by atoms with Crippen molar-refractivity contribution in [2.24, 2.45) is 5.73 Å². The van der Waals surface area contributed by atoms with E-state index in [1.54, 1.807) is 6.92 Å². The lowest BCUT2D eigenvalue weighted by atomic mass is 9.96. The number of hydrogen-bond acceptors (Lipinski definition) is 2. The van der Waals surface area contributed by atoms with E-state index in [-0.39, 0.29) is 6.54 Å². The quantitative estimate of drug-likeness (QED) is 0.708. The van der Waals surface area contributed by atoms with Crippen LogP contribution < -0.4 is 5.73 Å². The van der Waals surface area contributed by atoms with Gasteiger partial charge in [0, 0.05) is 30.1 Å². The molecule has 0 fully saturated rings. The molecule has 80 valence electrons. The zero-order valence-corrected chi connectivity index (χ0v) is 8.83. The van der Waals surface area contributed by atoms with Gasteiger partial charge in [0.15, 0.2) is 0 Å². The van der Waals surface area contributed by atoms with E-state index < -0.39 is 5.60 Å². The number of fused-ring (bicyclic) bond motifs is 1. The van der Waals surface area contributed by atoms with Gasteiger partial charge in [-0.2, -0.15) is 0 Å². The lowest BCUT2D eigenvalue weighted by molar-refractivity contribution is 0.0700. The summed E-state index contributed by atoms with van der Waals surface area (Å²) in [5, 5.41) is 11.1. The second-order valence-electron chi connectivity index (χ2n) is 4.24. The summed E-state index contributed by atoms with van der Waals surface area (Å²) in [6.07, 6.45) is 2.52.